The number of ether oxygens (including phenoxy) is 1. The zero-order chi connectivity index (χ0) is 18.3. The number of nitrogens with zero attached hydrogens (tertiary/aromatic N) is 1. The van der Waals surface area contributed by atoms with Crippen molar-refractivity contribution in [1.29, 1.82) is 0 Å². The van der Waals surface area contributed by atoms with E-state index < -0.39 is 11.9 Å². The van der Waals surface area contributed by atoms with E-state index in [2.05, 4.69) is 0 Å². The van der Waals surface area contributed by atoms with Gasteiger partial charge in [0, 0.05) is 30.6 Å². The van der Waals surface area contributed by atoms with Crippen LogP contribution in [0.2, 0.25) is 5.02 Å². The van der Waals surface area contributed by atoms with Crippen LogP contribution in [-0.2, 0) is 14.3 Å². The van der Waals surface area contributed by atoms with Crippen LogP contribution in [0.15, 0.2) is 24.3 Å². The highest BCUT2D eigenvalue weighted by molar-refractivity contribution is 6.30. The van der Waals surface area contributed by atoms with Gasteiger partial charge in [0.15, 0.2) is 0 Å². The molecule has 1 saturated carbocycles. The Labute approximate surface area is 158 Å². The second kappa shape index (κ2) is 7.20. The van der Waals surface area contributed by atoms with Crippen LogP contribution in [-0.4, -0.2) is 47.7 Å². The maximum absolute atomic E-state index is 12.8. The predicted octanol–water partition coefficient (Wildman–Crippen LogP) is 3.17. The number of hydrogen-bond donors (Lipinski definition) is 1. The molecule has 3 fully saturated rings. The van der Waals surface area contributed by atoms with Crippen LogP contribution in [0.1, 0.15) is 37.2 Å². The number of carbonyl (C=O) groups excluding carboxylic acids is 1. The minimum Gasteiger partial charge on any atom is -0.481 e. The summed E-state index contributed by atoms with van der Waals surface area (Å²) in [5.74, 6) is -0.319. The highest BCUT2D eigenvalue weighted by Crippen LogP contribution is 2.49. The van der Waals surface area contributed by atoms with Gasteiger partial charge in [0.25, 0.3) is 0 Å². The molecule has 1 aromatic carbocycles. The smallest absolute Gasteiger partial charge is 0.309 e. The van der Waals surface area contributed by atoms with E-state index in [4.69, 9.17) is 16.3 Å². The number of hydrogen-bond acceptors (Lipinski definition) is 3. The molecule has 26 heavy (non-hydrogen) atoms. The Kier molecular flexibility index (Phi) is 4.93. The predicted molar refractivity (Wildman–Crippen MR) is 97.1 cm³/mol. The average molecular weight is 378 g/mol. The quantitative estimate of drug-likeness (QED) is 0.875. The molecule has 3 unspecified atom stereocenters. The normalized spacial score (nSPS) is 31.8. The minimum atomic E-state index is -0.756. The van der Waals surface area contributed by atoms with Crippen LogP contribution in [0.25, 0.3) is 0 Å². The summed E-state index contributed by atoms with van der Waals surface area (Å²) in [5, 5.41) is 10.1. The van der Waals surface area contributed by atoms with E-state index in [1.165, 1.54) is 0 Å². The van der Waals surface area contributed by atoms with Gasteiger partial charge in [0.1, 0.15) is 0 Å². The zero-order valence-corrected chi connectivity index (χ0v) is 15.4. The summed E-state index contributed by atoms with van der Waals surface area (Å²) in [6, 6.07) is 7.78. The Bertz CT molecular complexity index is 701. The molecule has 2 heterocycles. The third kappa shape index (κ3) is 3.47. The molecule has 0 bridgehead atoms. The van der Waals surface area contributed by atoms with Gasteiger partial charge in [-0.3, -0.25) is 9.59 Å². The van der Waals surface area contributed by atoms with Crippen molar-refractivity contribution in [3.8, 4) is 0 Å². The molecule has 4 atom stereocenters. The lowest BCUT2D eigenvalue weighted by molar-refractivity contribution is -0.146. The molecule has 1 aromatic rings. The van der Waals surface area contributed by atoms with Crippen molar-refractivity contribution in [3.63, 3.8) is 0 Å². The molecule has 0 spiro atoms. The molecule has 3 aliphatic rings. The number of piperidine rings is 1. The van der Waals surface area contributed by atoms with Crippen LogP contribution in [0.3, 0.4) is 0 Å². The van der Waals surface area contributed by atoms with Gasteiger partial charge < -0.3 is 14.7 Å². The molecule has 2 aliphatic heterocycles. The largest absolute Gasteiger partial charge is 0.481 e. The highest BCUT2D eigenvalue weighted by atomic mass is 35.5. The molecule has 2 saturated heterocycles. The van der Waals surface area contributed by atoms with Gasteiger partial charge in [-0.25, -0.2) is 0 Å². The first-order valence-corrected chi connectivity index (χ1v) is 9.81. The van der Waals surface area contributed by atoms with Crippen molar-refractivity contribution in [2.45, 2.75) is 37.7 Å². The molecule has 1 aliphatic carbocycles. The molecular formula is C20H24ClNO4. The first kappa shape index (κ1) is 17.8. The number of carboxylic acid groups (broad SMARTS) is 1. The van der Waals surface area contributed by atoms with Gasteiger partial charge in [0.05, 0.1) is 12.0 Å². The Morgan fingerprint density at radius 2 is 1.92 bits per heavy atom. The first-order chi connectivity index (χ1) is 12.5. The van der Waals surface area contributed by atoms with Crippen LogP contribution >= 0.6 is 11.6 Å². The molecule has 1 amide bonds. The number of aliphatic carboxylic acids is 1. The number of carbonyl (C=O) groups is 2. The van der Waals surface area contributed by atoms with Gasteiger partial charge in [-0.2, -0.15) is 0 Å². The van der Waals surface area contributed by atoms with Gasteiger partial charge >= 0.3 is 5.97 Å². The number of benzene rings is 1. The van der Waals surface area contributed by atoms with Crippen LogP contribution in [0.5, 0.6) is 0 Å². The van der Waals surface area contributed by atoms with E-state index in [9.17, 15) is 14.7 Å². The molecule has 1 N–H and O–H groups in total. The van der Waals surface area contributed by atoms with E-state index in [1.807, 2.05) is 29.2 Å². The van der Waals surface area contributed by atoms with E-state index in [-0.39, 0.29) is 29.8 Å². The fourth-order valence-electron chi connectivity index (χ4n) is 4.60. The van der Waals surface area contributed by atoms with E-state index in [1.54, 1.807) is 0 Å². The maximum atomic E-state index is 12.8. The van der Waals surface area contributed by atoms with Gasteiger partial charge in [-0.1, -0.05) is 23.7 Å². The van der Waals surface area contributed by atoms with Crippen molar-refractivity contribution in [1.82, 2.24) is 4.90 Å². The number of likely N-dealkylation sites (tertiary alicyclic amines) is 1. The van der Waals surface area contributed by atoms with Crippen molar-refractivity contribution in [3.05, 3.63) is 34.9 Å². The molecule has 140 valence electrons. The van der Waals surface area contributed by atoms with Crippen molar-refractivity contribution in [2.75, 3.05) is 19.7 Å². The molecule has 5 nitrogen and oxygen atoms in total. The minimum absolute atomic E-state index is 0.0690. The average Bonchev–Trinajstić information content (AvgIpc) is 3.28. The van der Waals surface area contributed by atoms with Gasteiger partial charge in [-0.15, -0.1) is 0 Å². The monoisotopic (exact) mass is 377 g/mol. The summed E-state index contributed by atoms with van der Waals surface area (Å²) in [6.45, 7) is 1.94. The summed E-state index contributed by atoms with van der Waals surface area (Å²) in [6.07, 6.45) is 2.96. The van der Waals surface area contributed by atoms with E-state index in [0.717, 1.165) is 24.8 Å². The Hall–Kier alpha value is -1.59. The number of amides is 1. The highest BCUT2D eigenvalue weighted by Gasteiger charge is 2.47. The fraction of sp³-hybridized carbons (Fsp3) is 0.600. The second-order valence-electron chi connectivity index (χ2n) is 7.74. The van der Waals surface area contributed by atoms with E-state index >= 15 is 0 Å². The standard InChI is InChI=1S/C20H24ClNO4/c21-14-3-1-2-13(10-14)16-11-17(16)19(23)22-7-4-12(5-8-22)18-15(20(24)25)6-9-26-18/h1-3,10,12,15-18H,4-9,11H2,(H,24,25)/t15?,16?,17?,18-/m0/s1. The molecular weight excluding hydrogens is 354 g/mol. The zero-order valence-electron chi connectivity index (χ0n) is 14.6. The summed E-state index contributed by atoms with van der Waals surface area (Å²) in [5.41, 5.74) is 1.15. The first-order valence-electron chi connectivity index (χ1n) is 9.43. The molecule has 6 heteroatoms. The Balaban J connectivity index is 1.31. The van der Waals surface area contributed by atoms with Crippen LogP contribution in [0, 0.1) is 17.8 Å². The van der Waals surface area contributed by atoms with Crippen molar-refractivity contribution >= 4 is 23.5 Å². The lowest BCUT2D eigenvalue weighted by Crippen LogP contribution is -2.44. The molecule has 0 aromatic heterocycles. The summed E-state index contributed by atoms with van der Waals surface area (Å²) in [7, 11) is 0. The fourth-order valence-corrected chi connectivity index (χ4v) is 4.80. The number of rotatable bonds is 4. The Morgan fingerprint density at radius 1 is 1.15 bits per heavy atom. The number of halogens is 1. The SMILES string of the molecule is O=C(O)C1CCO[C@H]1C1CCN(C(=O)C2CC2c2cccc(Cl)c2)CC1. The number of carboxylic acids is 1. The lowest BCUT2D eigenvalue weighted by atomic mass is 9.84. The maximum Gasteiger partial charge on any atom is 0.309 e. The summed E-state index contributed by atoms with van der Waals surface area (Å²) in [4.78, 5) is 26.1. The molecule has 0 radical (unpaired) electrons. The van der Waals surface area contributed by atoms with Crippen LogP contribution < -0.4 is 0 Å². The lowest BCUT2D eigenvalue weighted by Gasteiger charge is -2.35. The third-order valence-corrected chi connectivity index (χ3v) is 6.39. The topological polar surface area (TPSA) is 66.8 Å². The van der Waals surface area contributed by atoms with Gasteiger partial charge in [-0.05, 0) is 55.2 Å². The summed E-state index contributed by atoms with van der Waals surface area (Å²) >= 11 is 6.06. The third-order valence-electron chi connectivity index (χ3n) is 6.15. The van der Waals surface area contributed by atoms with Crippen molar-refractivity contribution in [2.24, 2.45) is 17.8 Å². The molecule has 4 rings (SSSR count). The summed E-state index contributed by atoms with van der Waals surface area (Å²) < 4.78 is 5.71. The second-order valence-corrected chi connectivity index (χ2v) is 8.17. The van der Waals surface area contributed by atoms with Gasteiger partial charge in [0.2, 0.25) is 5.91 Å². The Morgan fingerprint density at radius 3 is 2.62 bits per heavy atom. The van der Waals surface area contributed by atoms with Crippen LogP contribution in [0.4, 0.5) is 0 Å². The van der Waals surface area contributed by atoms with Crippen molar-refractivity contribution < 1.29 is 19.4 Å². The van der Waals surface area contributed by atoms with E-state index in [0.29, 0.717) is 31.1 Å².